The monoisotopic (exact) mass is 539 g/mol. The number of rotatable bonds is 8. The normalized spacial score (nSPS) is 16.4. The molecule has 3 aromatic rings. The molecule has 0 aromatic heterocycles. The molecule has 0 radical (unpaired) electrons. The first kappa shape index (κ1) is 23.8. The van der Waals surface area contributed by atoms with Crippen molar-refractivity contribution in [1.82, 2.24) is 5.32 Å². The summed E-state index contributed by atoms with van der Waals surface area (Å²) in [4.78, 5) is 23.7. The first-order valence-electron chi connectivity index (χ1n) is 10.6. The zero-order valence-electron chi connectivity index (χ0n) is 18.3. The van der Waals surface area contributed by atoms with Crippen molar-refractivity contribution in [2.45, 2.75) is 25.4 Å². The van der Waals surface area contributed by atoms with Gasteiger partial charge >= 0.3 is 0 Å². The van der Waals surface area contributed by atoms with Crippen LogP contribution >= 0.6 is 27.7 Å². The van der Waals surface area contributed by atoms with Crippen molar-refractivity contribution in [2.24, 2.45) is 0 Å². The molecule has 0 saturated carbocycles. The number of hydrogen-bond donors (Lipinski definition) is 2. The van der Waals surface area contributed by atoms with E-state index in [2.05, 4.69) is 45.6 Å². The number of carbonyl (C=O) groups excluding carboxylic acids is 1. The van der Waals surface area contributed by atoms with Gasteiger partial charge in [-0.25, -0.2) is 0 Å². The number of carbonyl (C=O) groups is 1. The van der Waals surface area contributed by atoms with Crippen LogP contribution in [0, 0.1) is 10.1 Å². The lowest BCUT2D eigenvalue weighted by atomic mass is 10.1. The van der Waals surface area contributed by atoms with Gasteiger partial charge in [0.2, 0.25) is 0 Å². The van der Waals surface area contributed by atoms with Crippen molar-refractivity contribution >= 4 is 51.0 Å². The molecule has 1 aliphatic rings. The number of ether oxygens (including phenoxy) is 1. The summed E-state index contributed by atoms with van der Waals surface area (Å²) >= 11 is 4.87. The number of non-ortho nitro benzene ring substituents is 1. The van der Waals surface area contributed by atoms with Gasteiger partial charge in [0.15, 0.2) is 5.50 Å². The molecule has 174 valence electrons. The van der Waals surface area contributed by atoms with Gasteiger partial charge in [0, 0.05) is 27.9 Å². The Kier molecular flexibility index (Phi) is 7.54. The fourth-order valence-electron chi connectivity index (χ4n) is 3.38. The van der Waals surface area contributed by atoms with Crippen LogP contribution in [0.3, 0.4) is 0 Å². The molecule has 0 aliphatic carbocycles. The van der Waals surface area contributed by atoms with Gasteiger partial charge in [0.25, 0.3) is 11.6 Å². The summed E-state index contributed by atoms with van der Waals surface area (Å²) in [6.45, 7) is 2.27. The molecule has 9 heteroatoms. The topological polar surface area (TPSA) is 93.5 Å². The third kappa shape index (κ3) is 5.98. The first-order chi connectivity index (χ1) is 16.4. The fourth-order valence-corrected chi connectivity index (χ4v) is 4.73. The van der Waals surface area contributed by atoms with Crippen molar-refractivity contribution in [2.75, 3.05) is 5.32 Å². The lowest BCUT2D eigenvalue weighted by molar-refractivity contribution is -0.384. The van der Waals surface area contributed by atoms with Crippen molar-refractivity contribution < 1.29 is 14.5 Å². The predicted octanol–water partition coefficient (Wildman–Crippen LogP) is 6.10. The summed E-state index contributed by atoms with van der Waals surface area (Å²) in [7, 11) is 0. The average molecular weight is 540 g/mol. The minimum atomic E-state index is -0.433. The fraction of sp³-hybridized carbons (Fsp3) is 0.160. The Balaban J connectivity index is 1.48. The summed E-state index contributed by atoms with van der Waals surface area (Å²) < 4.78 is 6.80. The van der Waals surface area contributed by atoms with E-state index < -0.39 is 4.92 Å². The highest BCUT2D eigenvalue weighted by Gasteiger charge is 2.27. The molecule has 34 heavy (non-hydrogen) atoms. The second kappa shape index (κ2) is 10.8. The second-order valence-corrected chi connectivity index (χ2v) is 9.64. The molecule has 7 nitrogen and oxygen atoms in total. The minimum absolute atomic E-state index is 0.0150. The summed E-state index contributed by atoms with van der Waals surface area (Å²) in [6.07, 6.45) is 2.76. The van der Waals surface area contributed by atoms with Crippen LogP contribution in [0.4, 0.5) is 11.4 Å². The maximum atomic E-state index is 12.6. The van der Waals surface area contributed by atoms with Crippen LogP contribution in [0.2, 0.25) is 0 Å². The third-order valence-corrected chi connectivity index (χ3v) is 6.69. The lowest BCUT2D eigenvalue weighted by Crippen LogP contribution is -2.30. The zero-order chi connectivity index (χ0) is 24.1. The molecule has 0 bridgehead atoms. The molecular formula is C25H22BrN3O4S. The van der Waals surface area contributed by atoms with Gasteiger partial charge in [-0.3, -0.25) is 14.9 Å². The molecule has 4 rings (SSSR count). The van der Waals surface area contributed by atoms with Crippen molar-refractivity contribution in [3.8, 4) is 5.75 Å². The van der Waals surface area contributed by atoms with Crippen molar-refractivity contribution in [3.05, 3.63) is 103 Å². The quantitative estimate of drug-likeness (QED) is 0.204. The number of hydrogen-bond acceptors (Lipinski definition) is 6. The minimum Gasteiger partial charge on any atom is -0.488 e. The van der Waals surface area contributed by atoms with Crippen LogP contribution in [0.1, 0.15) is 23.6 Å². The standard InChI is InChI=1S/C25H22BrN3O4S/c1-2-16-6-9-20(10-7-16)27-25-28-24(30)23(34-25)14-18-13-19(26)8-11-22(18)33-15-17-4-3-5-21(12-17)29(31)32/h3-14,25,27H,2,15H2,1H3,(H,28,30)/b23-14-/t25-/m1/s1. The highest BCUT2D eigenvalue weighted by Crippen LogP contribution is 2.34. The number of anilines is 1. The van der Waals surface area contributed by atoms with Crippen molar-refractivity contribution in [1.29, 1.82) is 0 Å². The number of amides is 1. The predicted molar refractivity (Wildman–Crippen MR) is 139 cm³/mol. The van der Waals surface area contributed by atoms with E-state index in [0.29, 0.717) is 16.2 Å². The number of aryl methyl sites for hydroxylation is 1. The Morgan fingerprint density at radius 3 is 2.68 bits per heavy atom. The SMILES string of the molecule is CCc1ccc(N[C@@H]2NC(=O)/C(=C/c3cc(Br)ccc3OCc3cccc([N+](=O)[O-])c3)S2)cc1. The molecule has 1 atom stereocenters. The number of nitro benzene ring substituents is 1. The number of nitrogens with one attached hydrogen (secondary N) is 2. The number of halogens is 1. The summed E-state index contributed by atoms with van der Waals surface area (Å²) in [5.41, 5.74) is 3.32. The smallest absolute Gasteiger partial charge is 0.269 e. The van der Waals surface area contributed by atoms with E-state index in [1.54, 1.807) is 24.3 Å². The maximum absolute atomic E-state index is 12.6. The van der Waals surface area contributed by atoms with Gasteiger partial charge in [-0.1, -0.05) is 58.9 Å². The second-order valence-electron chi connectivity index (χ2n) is 7.57. The average Bonchev–Trinajstić information content (AvgIpc) is 3.17. The molecule has 0 spiro atoms. The molecule has 3 aromatic carbocycles. The Labute approximate surface area is 209 Å². The van der Waals surface area contributed by atoms with E-state index in [1.165, 1.54) is 29.5 Å². The van der Waals surface area contributed by atoms with Crippen LogP contribution in [0.5, 0.6) is 5.75 Å². The Morgan fingerprint density at radius 1 is 1.15 bits per heavy atom. The Morgan fingerprint density at radius 2 is 1.94 bits per heavy atom. The van der Waals surface area contributed by atoms with Crippen LogP contribution in [-0.2, 0) is 17.8 Å². The molecule has 1 aliphatic heterocycles. The van der Waals surface area contributed by atoms with Gasteiger partial charge in [-0.15, -0.1) is 0 Å². The van der Waals surface area contributed by atoms with Gasteiger partial charge < -0.3 is 15.4 Å². The number of benzene rings is 3. The maximum Gasteiger partial charge on any atom is 0.269 e. The number of nitrogens with zero attached hydrogens (tertiary/aromatic N) is 1. The largest absolute Gasteiger partial charge is 0.488 e. The number of nitro groups is 1. The Hall–Kier alpha value is -3.30. The van der Waals surface area contributed by atoms with Crippen molar-refractivity contribution in [3.63, 3.8) is 0 Å². The molecule has 1 heterocycles. The molecule has 1 amide bonds. The van der Waals surface area contributed by atoms with E-state index in [-0.39, 0.29) is 23.7 Å². The van der Waals surface area contributed by atoms with Gasteiger partial charge in [-0.05, 0) is 54.0 Å². The van der Waals surface area contributed by atoms with E-state index in [0.717, 1.165) is 22.1 Å². The molecule has 1 fully saturated rings. The van der Waals surface area contributed by atoms with Crippen LogP contribution in [0.25, 0.3) is 6.08 Å². The molecular weight excluding hydrogens is 518 g/mol. The van der Waals surface area contributed by atoms with E-state index in [9.17, 15) is 14.9 Å². The van der Waals surface area contributed by atoms with Gasteiger partial charge in [0.05, 0.1) is 9.83 Å². The Bertz CT molecular complexity index is 1250. The number of thioether (sulfide) groups is 1. The van der Waals surface area contributed by atoms with Crippen LogP contribution in [-0.4, -0.2) is 16.3 Å². The zero-order valence-corrected chi connectivity index (χ0v) is 20.7. The molecule has 1 saturated heterocycles. The summed E-state index contributed by atoms with van der Waals surface area (Å²) in [5.74, 6) is 0.402. The van der Waals surface area contributed by atoms with Crippen LogP contribution < -0.4 is 15.4 Å². The van der Waals surface area contributed by atoms with Gasteiger partial charge in [0.1, 0.15) is 12.4 Å². The highest BCUT2D eigenvalue weighted by molar-refractivity contribution is 9.10. The third-order valence-electron chi connectivity index (χ3n) is 5.16. The van der Waals surface area contributed by atoms with Gasteiger partial charge in [-0.2, -0.15) is 0 Å². The van der Waals surface area contributed by atoms with Crippen LogP contribution in [0.15, 0.2) is 76.1 Å². The van der Waals surface area contributed by atoms with E-state index >= 15 is 0 Å². The molecule has 0 unspecified atom stereocenters. The van der Waals surface area contributed by atoms with E-state index in [1.807, 2.05) is 24.3 Å². The highest BCUT2D eigenvalue weighted by atomic mass is 79.9. The summed E-state index contributed by atoms with van der Waals surface area (Å²) in [6, 6.07) is 20.0. The van der Waals surface area contributed by atoms with E-state index in [4.69, 9.17) is 4.74 Å². The first-order valence-corrected chi connectivity index (χ1v) is 12.3. The molecule has 2 N–H and O–H groups in total. The lowest BCUT2D eigenvalue weighted by Gasteiger charge is -2.13. The summed E-state index contributed by atoms with van der Waals surface area (Å²) in [5, 5.41) is 17.3.